The molecule has 3 rings (SSSR count). The summed E-state index contributed by atoms with van der Waals surface area (Å²) in [5.41, 5.74) is 0.237. The lowest BCUT2D eigenvalue weighted by Gasteiger charge is -2.44. The van der Waals surface area contributed by atoms with E-state index in [-0.39, 0.29) is 5.54 Å². The van der Waals surface area contributed by atoms with E-state index in [4.69, 9.17) is 0 Å². The molecule has 84 valence electrons. The molecule has 3 fully saturated rings. The van der Waals surface area contributed by atoms with Crippen LogP contribution in [0.1, 0.15) is 57.8 Å². The molecule has 0 bridgehead atoms. The highest BCUT2D eigenvalue weighted by atomic mass is 16.2. The molecular formula is C13H21NO. The summed E-state index contributed by atoms with van der Waals surface area (Å²) in [6.45, 7) is 0. The second-order valence-corrected chi connectivity index (χ2v) is 5.77. The molecular weight excluding hydrogens is 186 g/mol. The van der Waals surface area contributed by atoms with Crippen molar-refractivity contribution in [1.29, 1.82) is 0 Å². The van der Waals surface area contributed by atoms with Crippen LogP contribution in [0.5, 0.6) is 0 Å². The summed E-state index contributed by atoms with van der Waals surface area (Å²) in [5, 5.41) is 3.33. The first-order valence-corrected chi connectivity index (χ1v) is 6.61. The summed E-state index contributed by atoms with van der Waals surface area (Å²) in [7, 11) is 0. The normalized spacial score (nSPS) is 35.2. The van der Waals surface area contributed by atoms with Crippen molar-refractivity contribution >= 4 is 5.91 Å². The average Bonchev–Trinajstić information content (AvgIpc) is 2.42. The maximum atomic E-state index is 11.7. The van der Waals surface area contributed by atoms with Gasteiger partial charge < -0.3 is 5.32 Å². The molecule has 1 atom stereocenters. The summed E-state index contributed by atoms with van der Waals surface area (Å²) in [5.74, 6) is 1.87. The zero-order chi connectivity index (χ0) is 10.3. The van der Waals surface area contributed by atoms with Crippen molar-refractivity contribution in [3.63, 3.8) is 0 Å². The van der Waals surface area contributed by atoms with Gasteiger partial charge >= 0.3 is 0 Å². The number of nitrogens with one attached hydrogen (secondary N) is 1. The molecule has 1 amide bonds. The first kappa shape index (κ1) is 9.68. The van der Waals surface area contributed by atoms with E-state index in [1.807, 2.05) is 0 Å². The van der Waals surface area contributed by atoms with E-state index in [2.05, 4.69) is 5.32 Å². The van der Waals surface area contributed by atoms with Crippen molar-refractivity contribution in [1.82, 2.24) is 5.32 Å². The minimum Gasteiger partial charge on any atom is -0.350 e. The summed E-state index contributed by atoms with van der Waals surface area (Å²) < 4.78 is 0. The van der Waals surface area contributed by atoms with Crippen LogP contribution in [0, 0.1) is 11.8 Å². The molecule has 1 saturated heterocycles. The lowest BCUT2D eigenvalue weighted by molar-refractivity contribution is -0.120. The SMILES string of the molecule is O=C1CC(C2CCC2)C2(CCCCC2)N1. The summed E-state index contributed by atoms with van der Waals surface area (Å²) in [4.78, 5) is 11.7. The van der Waals surface area contributed by atoms with Crippen LogP contribution in [0.15, 0.2) is 0 Å². The van der Waals surface area contributed by atoms with Crippen molar-refractivity contribution in [3.05, 3.63) is 0 Å². The van der Waals surface area contributed by atoms with Crippen molar-refractivity contribution in [3.8, 4) is 0 Å². The fraction of sp³-hybridized carbons (Fsp3) is 0.923. The first-order valence-electron chi connectivity index (χ1n) is 6.61. The molecule has 2 saturated carbocycles. The number of carbonyl (C=O) groups excluding carboxylic acids is 1. The van der Waals surface area contributed by atoms with E-state index < -0.39 is 0 Å². The summed E-state index contributed by atoms with van der Waals surface area (Å²) in [6, 6.07) is 0. The molecule has 0 aromatic rings. The van der Waals surface area contributed by atoms with Gasteiger partial charge in [-0.25, -0.2) is 0 Å². The Hall–Kier alpha value is -0.530. The summed E-state index contributed by atoms with van der Waals surface area (Å²) >= 11 is 0. The zero-order valence-corrected chi connectivity index (χ0v) is 9.43. The van der Waals surface area contributed by atoms with Crippen LogP contribution >= 0.6 is 0 Å². The highest BCUT2D eigenvalue weighted by Gasteiger charge is 2.50. The van der Waals surface area contributed by atoms with Gasteiger partial charge in [-0.05, 0) is 24.7 Å². The quantitative estimate of drug-likeness (QED) is 0.703. The molecule has 2 heteroatoms. The largest absolute Gasteiger partial charge is 0.350 e. The number of carbonyl (C=O) groups is 1. The van der Waals surface area contributed by atoms with E-state index in [0.29, 0.717) is 11.8 Å². The Balaban J connectivity index is 1.80. The van der Waals surface area contributed by atoms with Crippen LogP contribution in [0.4, 0.5) is 0 Å². The predicted molar refractivity (Wildman–Crippen MR) is 59.4 cm³/mol. The molecule has 1 N–H and O–H groups in total. The van der Waals surface area contributed by atoms with Crippen molar-refractivity contribution in [2.24, 2.45) is 11.8 Å². The third-order valence-electron chi connectivity index (χ3n) is 4.97. The standard InChI is InChI=1S/C13H21NO/c15-12-9-11(10-5-4-6-10)13(14-12)7-2-1-3-8-13/h10-11H,1-9H2,(H,14,15). The third-order valence-corrected chi connectivity index (χ3v) is 4.97. The molecule has 0 radical (unpaired) electrons. The van der Waals surface area contributed by atoms with Gasteiger partial charge in [-0.1, -0.05) is 38.5 Å². The van der Waals surface area contributed by atoms with E-state index >= 15 is 0 Å². The fourth-order valence-electron chi connectivity index (χ4n) is 3.96. The van der Waals surface area contributed by atoms with E-state index in [9.17, 15) is 4.79 Å². The smallest absolute Gasteiger partial charge is 0.220 e. The van der Waals surface area contributed by atoms with E-state index in [0.717, 1.165) is 12.3 Å². The highest BCUT2D eigenvalue weighted by molar-refractivity contribution is 5.80. The van der Waals surface area contributed by atoms with Crippen LogP contribution in [-0.4, -0.2) is 11.4 Å². The van der Waals surface area contributed by atoms with Gasteiger partial charge in [-0.15, -0.1) is 0 Å². The summed E-state index contributed by atoms with van der Waals surface area (Å²) in [6.07, 6.45) is 11.5. The van der Waals surface area contributed by atoms with Gasteiger partial charge in [0.05, 0.1) is 0 Å². The van der Waals surface area contributed by atoms with Crippen molar-refractivity contribution in [2.45, 2.75) is 63.3 Å². The second kappa shape index (κ2) is 3.50. The minimum atomic E-state index is 0.237. The monoisotopic (exact) mass is 207 g/mol. The second-order valence-electron chi connectivity index (χ2n) is 5.77. The van der Waals surface area contributed by atoms with Crippen molar-refractivity contribution in [2.75, 3.05) is 0 Å². The van der Waals surface area contributed by atoms with Gasteiger partial charge in [-0.2, -0.15) is 0 Å². The van der Waals surface area contributed by atoms with Gasteiger partial charge in [0.2, 0.25) is 5.91 Å². The van der Waals surface area contributed by atoms with Gasteiger partial charge in [0.25, 0.3) is 0 Å². The molecule has 2 aliphatic carbocycles. The molecule has 2 nitrogen and oxygen atoms in total. The molecule has 3 aliphatic rings. The van der Waals surface area contributed by atoms with Gasteiger partial charge in [0, 0.05) is 12.0 Å². The van der Waals surface area contributed by atoms with E-state index in [1.165, 1.54) is 51.4 Å². The van der Waals surface area contributed by atoms with Gasteiger partial charge in [0.1, 0.15) is 0 Å². The van der Waals surface area contributed by atoms with Crippen LogP contribution in [0.3, 0.4) is 0 Å². The fourth-order valence-corrected chi connectivity index (χ4v) is 3.96. The van der Waals surface area contributed by atoms with Gasteiger partial charge in [-0.3, -0.25) is 4.79 Å². The molecule has 15 heavy (non-hydrogen) atoms. The predicted octanol–water partition coefficient (Wildman–Crippen LogP) is 2.63. The molecule has 0 aromatic carbocycles. The molecule has 1 heterocycles. The Morgan fingerprint density at radius 1 is 1.07 bits per heavy atom. The maximum absolute atomic E-state index is 11.7. The van der Waals surface area contributed by atoms with Crippen LogP contribution in [-0.2, 0) is 4.79 Å². The van der Waals surface area contributed by atoms with Crippen LogP contribution in [0.2, 0.25) is 0 Å². The third kappa shape index (κ3) is 1.49. The number of hydrogen-bond acceptors (Lipinski definition) is 1. The molecule has 1 spiro atoms. The lowest BCUT2D eigenvalue weighted by atomic mass is 9.63. The number of amides is 1. The molecule has 1 aliphatic heterocycles. The van der Waals surface area contributed by atoms with Gasteiger partial charge in [0.15, 0.2) is 0 Å². The maximum Gasteiger partial charge on any atom is 0.220 e. The lowest BCUT2D eigenvalue weighted by Crippen LogP contribution is -2.50. The first-order chi connectivity index (χ1) is 7.30. The topological polar surface area (TPSA) is 29.1 Å². The molecule has 1 unspecified atom stereocenters. The number of rotatable bonds is 1. The van der Waals surface area contributed by atoms with Crippen molar-refractivity contribution < 1.29 is 4.79 Å². The Morgan fingerprint density at radius 2 is 1.80 bits per heavy atom. The minimum absolute atomic E-state index is 0.237. The highest BCUT2D eigenvalue weighted by Crippen LogP contribution is 2.48. The number of hydrogen-bond donors (Lipinski definition) is 1. The Kier molecular flexibility index (Phi) is 2.26. The zero-order valence-electron chi connectivity index (χ0n) is 9.43. The van der Waals surface area contributed by atoms with E-state index in [1.54, 1.807) is 0 Å². The van der Waals surface area contributed by atoms with Crippen LogP contribution in [0.25, 0.3) is 0 Å². The Bertz CT molecular complexity index is 264. The average molecular weight is 207 g/mol. The Morgan fingerprint density at radius 3 is 2.40 bits per heavy atom. The van der Waals surface area contributed by atoms with Crippen LogP contribution < -0.4 is 5.32 Å². The Labute approximate surface area is 91.8 Å². The molecule has 0 aromatic heterocycles.